The predicted molar refractivity (Wildman–Crippen MR) is 78.2 cm³/mol. The van der Waals surface area contributed by atoms with Gasteiger partial charge in [0, 0.05) is 23.6 Å². The zero-order chi connectivity index (χ0) is 13.9. The standard InChI is InChI=1S/C14H12ClN5/c15-11-4-2-1-3-10(11)8-20-9-12(16)14(19-20)13-7-17-5-6-18-13/h1-7,9H,8,16H2. The molecule has 0 unspecified atom stereocenters. The van der Waals surface area contributed by atoms with Gasteiger partial charge in [0.05, 0.1) is 18.4 Å². The molecule has 5 nitrogen and oxygen atoms in total. The second-order valence-electron chi connectivity index (χ2n) is 4.31. The van der Waals surface area contributed by atoms with Crippen molar-refractivity contribution in [2.75, 3.05) is 5.73 Å². The molecule has 0 aliphatic heterocycles. The number of benzene rings is 1. The Labute approximate surface area is 121 Å². The number of hydrogen-bond donors (Lipinski definition) is 1. The molecule has 6 heteroatoms. The third kappa shape index (κ3) is 2.48. The molecule has 1 aromatic carbocycles. The van der Waals surface area contributed by atoms with Gasteiger partial charge in [-0.3, -0.25) is 14.6 Å². The Morgan fingerprint density at radius 1 is 1.20 bits per heavy atom. The first kappa shape index (κ1) is 12.6. The van der Waals surface area contributed by atoms with Crippen molar-refractivity contribution >= 4 is 17.3 Å². The summed E-state index contributed by atoms with van der Waals surface area (Å²) in [5.41, 5.74) is 8.82. The summed E-state index contributed by atoms with van der Waals surface area (Å²) < 4.78 is 1.75. The lowest BCUT2D eigenvalue weighted by molar-refractivity contribution is 0.689. The maximum atomic E-state index is 6.14. The molecule has 0 amide bonds. The minimum absolute atomic E-state index is 0.560. The third-order valence-corrected chi connectivity index (χ3v) is 3.25. The Morgan fingerprint density at radius 2 is 2.05 bits per heavy atom. The van der Waals surface area contributed by atoms with Crippen LogP contribution < -0.4 is 5.73 Å². The number of hydrogen-bond acceptors (Lipinski definition) is 4. The Bertz CT molecular complexity index is 723. The fourth-order valence-electron chi connectivity index (χ4n) is 1.94. The van der Waals surface area contributed by atoms with Gasteiger partial charge in [-0.2, -0.15) is 5.10 Å². The number of rotatable bonds is 3. The van der Waals surface area contributed by atoms with Crippen molar-refractivity contribution in [2.45, 2.75) is 6.54 Å². The summed E-state index contributed by atoms with van der Waals surface area (Å²) in [5.74, 6) is 0. The van der Waals surface area contributed by atoms with E-state index in [-0.39, 0.29) is 0 Å². The van der Waals surface area contributed by atoms with Crippen LogP contribution in [0.25, 0.3) is 11.4 Å². The highest BCUT2D eigenvalue weighted by atomic mass is 35.5. The number of aromatic nitrogens is 4. The average Bonchev–Trinajstić information content (AvgIpc) is 2.83. The van der Waals surface area contributed by atoms with Gasteiger partial charge in [-0.1, -0.05) is 29.8 Å². The quantitative estimate of drug-likeness (QED) is 0.803. The maximum Gasteiger partial charge on any atom is 0.135 e. The minimum Gasteiger partial charge on any atom is -0.396 e. The number of nitrogens with zero attached hydrogens (tertiary/aromatic N) is 4. The summed E-state index contributed by atoms with van der Waals surface area (Å²) in [6, 6.07) is 7.65. The van der Waals surface area contributed by atoms with Crippen LogP contribution in [0.4, 0.5) is 5.69 Å². The molecule has 2 N–H and O–H groups in total. The topological polar surface area (TPSA) is 69.6 Å². The van der Waals surface area contributed by atoms with Crippen LogP contribution in [-0.2, 0) is 6.54 Å². The zero-order valence-electron chi connectivity index (χ0n) is 10.6. The van der Waals surface area contributed by atoms with Gasteiger partial charge in [-0.25, -0.2) is 0 Å². The molecule has 3 rings (SSSR count). The third-order valence-electron chi connectivity index (χ3n) is 2.89. The molecule has 0 aliphatic carbocycles. The lowest BCUT2D eigenvalue weighted by Crippen LogP contribution is -2.01. The van der Waals surface area contributed by atoms with Gasteiger partial charge in [0.1, 0.15) is 11.4 Å². The molecule has 20 heavy (non-hydrogen) atoms. The highest BCUT2D eigenvalue weighted by Crippen LogP contribution is 2.22. The molecule has 0 atom stereocenters. The number of anilines is 1. The molecular formula is C14H12ClN5. The molecular weight excluding hydrogens is 274 g/mol. The van der Waals surface area contributed by atoms with Crippen LogP contribution in [0.3, 0.4) is 0 Å². The van der Waals surface area contributed by atoms with Crippen LogP contribution in [0.15, 0.2) is 49.1 Å². The summed E-state index contributed by atoms with van der Waals surface area (Å²) >= 11 is 6.14. The van der Waals surface area contributed by atoms with Crippen LogP contribution >= 0.6 is 11.6 Å². The molecule has 0 fully saturated rings. The second-order valence-corrected chi connectivity index (χ2v) is 4.72. The smallest absolute Gasteiger partial charge is 0.135 e. The normalized spacial score (nSPS) is 10.7. The van der Waals surface area contributed by atoms with E-state index in [0.29, 0.717) is 28.6 Å². The lowest BCUT2D eigenvalue weighted by Gasteiger charge is -2.03. The van der Waals surface area contributed by atoms with Crippen LogP contribution in [0.2, 0.25) is 5.02 Å². The Morgan fingerprint density at radius 3 is 2.80 bits per heavy atom. The van der Waals surface area contributed by atoms with Crippen molar-refractivity contribution in [3.05, 3.63) is 59.6 Å². The first-order chi connectivity index (χ1) is 9.74. The molecule has 100 valence electrons. The van der Waals surface area contributed by atoms with Gasteiger partial charge in [0.2, 0.25) is 0 Å². The molecule has 0 saturated carbocycles. The maximum absolute atomic E-state index is 6.14. The summed E-state index contributed by atoms with van der Waals surface area (Å²) in [6.07, 6.45) is 6.63. The van der Waals surface area contributed by atoms with E-state index < -0.39 is 0 Å². The number of halogens is 1. The molecule has 0 spiro atoms. The van der Waals surface area contributed by atoms with Crippen molar-refractivity contribution in [3.8, 4) is 11.4 Å². The van der Waals surface area contributed by atoms with Crippen molar-refractivity contribution in [1.82, 2.24) is 19.7 Å². The van der Waals surface area contributed by atoms with Gasteiger partial charge in [0.15, 0.2) is 0 Å². The molecule has 0 bridgehead atoms. The van der Waals surface area contributed by atoms with Crippen molar-refractivity contribution in [3.63, 3.8) is 0 Å². The highest BCUT2D eigenvalue weighted by molar-refractivity contribution is 6.31. The van der Waals surface area contributed by atoms with Crippen LogP contribution in [0.5, 0.6) is 0 Å². The molecule has 0 radical (unpaired) electrons. The zero-order valence-corrected chi connectivity index (χ0v) is 11.3. The van der Waals surface area contributed by atoms with Gasteiger partial charge in [-0.15, -0.1) is 0 Å². The monoisotopic (exact) mass is 285 g/mol. The Kier molecular flexibility index (Phi) is 3.35. The Balaban J connectivity index is 1.92. The van der Waals surface area contributed by atoms with E-state index in [1.807, 2.05) is 24.3 Å². The molecule has 0 saturated heterocycles. The second kappa shape index (κ2) is 5.30. The van der Waals surface area contributed by atoms with Gasteiger partial charge in [-0.05, 0) is 11.6 Å². The molecule has 2 aromatic heterocycles. The number of nitrogens with two attached hydrogens (primary N) is 1. The van der Waals surface area contributed by atoms with Crippen LogP contribution in [-0.4, -0.2) is 19.7 Å². The van der Waals surface area contributed by atoms with Crippen molar-refractivity contribution < 1.29 is 0 Å². The fourth-order valence-corrected chi connectivity index (χ4v) is 2.13. The van der Waals surface area contributed by atoms with Gasteiger partial charge >= 0.3 is 0 Å². The summed E-state index contributed by atoms with van der Waals surface area (Å²) in [6.45, 7) is 0.560. The van der Waals surface area contributed by atoms with E-state index in [1.54, 1.807) is 29.5 Å². The first-order valence-electron chi connectivity index (χ1n) is 6.07. The largest absolute Gasteiger partial charge is 0.396 e. The van der Waals surface area contributed by atoms with Gasteiger partial charge in [0.25, 0.3) is 0 Å². The van der Waals surface area contributed by atoms with E-state index >= 15 is 0 Å². The van der Waals surface area contributed by atoms with Gasteiger partial charge < -0.3 is 5.73 Å². The van der Waals surface area contributed by atoms with E-state index in [0.717, 1.165) is 5.56 Å². The molecule has 3 aromatic rings. The van der Waals surface area contributed by atoms with Crippen LogP contribution in [0.1, 0.15) is 5.56 Å². The number of nitrogen functional groups attached to an aromatic ring is 1. The SMILES string of the molecule is Nc1cn(Cc2ccccc2Cl)nc1-c1cnccn1. The summed E-state index contributed by atoms with van der Waals surface area (Å²) in [5, 5.41) is 5.16. The predicted octanol–water partition coefficient (Wildman–Crippen LogP) is 2.62. The minimum atomic E-state index is 0.560. The fraction of sp³-hybridized carbons (Fsp3) is 0.0714. The van der Waals surface area contributed by atoms with E-state index in [1.165, 1.54) is 0 Å². The summed E-state index contributed by atoms with van der Waals surface area (Å²) in [7, 11) is 0. The summed E-state index contributed by atoms with van der Waals surface area (Å²) in [4.78, 5) is 8.22. The highest BCUT2D eigenvalue weighted by Gasteiger charge is 2.10. The molecule has 0 aliphatic rings. The van der Waals surface area contributed by atoms with Crippen LogP contribution in [0, 0.1) is 0 Å². The molecule has 2 heterocycles. The van der Waals surface area contributed by atoms with E-state index in [4.69, 9.17) is 17.3 Å². The van der Waals surface area contributed by atoms with Crippen molar-refractivity contribution in [2.24, 2.45) is 0 Å². The average molecular weight is 286 g/mol. The Hall–Kier alpha value is -2.40. The van der Waals surface area contributed by atoms with E-state index in [9.17, 15) is 0 Å². The van der Waals surface area contributed by atoms with Crippen molar-refractivity contribution in [1.29, 1.82) is 0 Å². The first-order valence-corrected chi connectivity index (χ1v) is 6.44. The van der Waals surface area contributed by atoms with E-state index in [2.05, 4.69) is 15.1 Å². The lowest BCUT2D eigenvalue weighted by atomic mass is 10.2.